The predicted molar refractivity (Wildman–Crippen MR) is 107 cm³/mol. The fourth-order valence-corrected chi connectivity index (χ4v) is 3.57. The molecule has 2 aromatic carbocycles. The van der Waals surface area contributed by atoms with Gasteiger partial charge in [0.15, 0.2) is 0 Å². The van der Waals surface area contributed by atoms with E-state index in [0.717, 1.165) is 18.2 Å². The van der Waals surface area contributed by atoms with E-state index >= 15 is 0 Å². The average Bonchev–Trinajstić information content (AvgIpc) is 2.73. The lowest BCUT2D eigenvalue weighted by Crippen LogP contribution is -2.38. The molecule has 0 atom stereocenters. The molecule has 1 aliphatic rings. The van der Waals surface area contributed by atoms with Gasteiger partial charge in [0.1, 0.15) is 29.6 Å². The molecule has 1 amide bonds. The van der Waals surface area contributed by atoms with Crippen molar-refractivity contribution in [1.29, 1.82) is 0 Å². The van der Waals surface area contributed by atoms with Crippen molar-refractivity contribution in [2.24, 2.45) is 5.92 Å². The number of nitrogens with one attached hydrogen (secondary N) is 1. The van der Waals surface area contributed by atoms with Gasteiger partial charge >= 0.3 is 0 Å². The van der Waals surface area contributed by atoms with Crippen molar-refractivity contribution in [2.75, 3.05) is 23.3 Å². The molecule has 154 valence electrons. The summed E-state index contributed by atoms with van der Waals surface area (Å²) in [4.78, 5) is 23.0. The first-order chi connectivity index (χ1) is 14.5. The van der Waals surface area contributed by atoms with E-state index in [2.05, 4.69) is 15.3 Å². The number of carbonyl (C=O) groups is 1. The molecule has 4 rings (SSSR count). The molecular formula is C22H19F3N4O. The molecule has 0 aliphatic carbocycles. The van der Waals surface area contributed by atoms with Crippen LogP contribution < -0.4 is 10.2 Å². The third-order valence-electron chi connectivity index (χ3n) is 5.09. The molecule has 0 spiro atoms. The first-order valence-corrected chi connectivity index (χ1v) is 9.58. The van der Waals surface area contributed by atoms with Crippen LogP contribution in [0.1, 0.15) is 12.8 Å². The molecule has 3 aromatic rings. The normalized spacial score (nSPS) is 14.6. The molecule has 1 N–H and O–H groups in total. The number of aromatic nitrogens is 2. The molecule has 0 radical (unpaired) electrons. The van der Waals surface area contributed by atoms with E-state index in [1.165, 1.54) is 18.5 Å². The summed E-state index contributed by atoms with van der Waals surface area (Å²) < 4.78 is 40.1. The van der Waals surface area contributed by atoms with E-state index in [-0.39, 0.29) is 23.3 Å². The zero-order valence-electron chi connectivity index (χ0n) is 16.0. The van der Waals surface area contributed by atoms with Crippen molar-refractivity contribution < 1.29 is 18.0 Å². The van der Waals surface area contributed by atoms with Gasteiger partial charge in [0.2, 0.25) is 5.91 Å². The summed E-state index contributed by atoms with van der Waals surface area (Å²) >= 11 is 0. The van der Waals surface area contributed by atoms with E-state index in [4.69, 9.17) is 0 Å². The van der Waals surface area contributed by atoms with Crippen molar-refractivity contribution in [2.45, 2.75) is 12.8 Å². The number of nitrogens with zero attached hydrogens (tertiary/aromatic N) is 3. The number of hydrogen-bond donors (Lipinski definition) is 1. The molecule has 2 heterocycles. The van der Waals surface area contributed by atoms with Crippen molar-refractivity contribution in [3.05, 3.63) is 72.3 Å². The van der Waals surface area contributed by atoms with Gasteiger partial charge in [0.05, 0.1) is 5.69 Å². The van der Waals surface area contributed by atoms with Gasteiger partial charge in [-0.15, -0.1) is 0 Å². The number of halogens is 3. The van der Waals surface area contributed by atoms with E-state index in [1.54, 1.807) is 18.2 Å². The standard InChI is InChI=1S/C22H19F3N4O/c23-16-3-1-2-15(8-16)20-12-21(27-13-26-20)29-6-4-14(5-7-29)22(30)28-19-10-17(24)9-18(25)11-19/h1-3,8-14H,4-7H2,(H,28,30). The van der Waals surface area contributed by atoms with Gasteiger partial charge in [0, 0.05) is 42.4 Å². The van der Waals surface area contributed by atoms with Gasteiger partial charge in [0.25, 0.3) is 0 Å². The summed E-state index contributed by atoms with van der Waals surface area (Å²) in [6.45, 7) is 1.18. The SMILES string of the molecule is O=C(Nc1cc(F)cc(F)c1)C1CCN(c2cc(-c3cccc(F)c3)ncn2)CC1. The Labute approximate surface area is 171 Å². The Hall–Kier alpha value is -3.42. The summed E-state index contributed by atoms with van der Waals surface area (Å²) in [6, 6.07) is 10.9. The Morgan fingerprint density at radius 3 is 2.37 bits per heavy atom. The molecule has 5 nitrogen and oxygen atoms in total. The minimum absolute atomic E-state index is 0.107. The fourth-order valence-electron chi connectivity index (χ4n) is 3.57. The van der Waals surface area contributed by atoms with E-state index in [0.29, 0.717) is 43.0 Å². The van der Waals surface area contributed by atoms with Gasteiger partial charge in [-0.05, 0) is 37.1 Å². The van der Waals surface area contributed by atoms with Crippen LogP contribution in [0, 0.1) is 23.4 Å². The summed E-state index contributed by atoms with van der Waals surface area (Å²) in [5.74, 6) is -1.64. The Bertz CT molecular complexity index is 1050. The van der Waals surface area contributed by atoms with Crippen molar-refractivity contribution in [3.63, 3.8) is 0 Å². The lowest BCUT2D eigenvalue weighted by molar-refractivity contribution is -0.120. The fraction of sp³-hybridized carbons (Fsp3) is 0.227. The molecule has 1 aromatic heterocycles. The van der Waals surface area contributed by atoms with Crippen LogP contribution in [0.2, 0.25) is 0 Å². The maximum Gasteiger partial charge on any atom is 0.227 e. The second kappa shape index (κ2) is 8.52. The molecular weight excluding hydrogens is 393 g/mol. The quantitative estimate of drug-likeness (QED) is 0.690. The Balaban J connectivity index is 1.40. The van der Waals surface area contributed by atoms with Crippen molar-refractivity contribution >= 4 is 17.4 Å². The second-order valence-corrected chi connectivity index (χ2v) is 7.18. The lowest BCUT2D eigenvalue weighted by atomic mass is 9.95. The lowest BCUT2D eigenvalue weighted by Gasteiger charge is -2.32. The summed E-state index contributed by atoms with van der Waals surface area (Å²) in [7, 11) is 0. The predicted octanol–water partition coefficient (Wildman–Crippen LogP) is 4.42. The summed E-state index contributed by atoms with van der Waals surface area (Å²) in [5.41, 5.74) is 1.39. The third-order valence-corrected chi connectivity index (χ3v) is 5.09. The van der Waals surface area contributed by atoms with E-state index < -0.39 is 11.6 Å². The molecule has 8 heteroatoms. The van der Waals surface area contributed by atoms with Crippen LogP contribution in [0.5, 0.6) is 0 Å². The number of benzene rings is 2. The van der Waals surface area contributed by atoms with Crippen LogP contribution in [0.3, 0.4) is 0 Å². The Morgan fingerprint density at radius 2 is 1.67 bits per heavy atom. The van der Waals surface area contributed by atoms with Gasteiger partial charge < -0.3 is 10.2 Å². The van der Waals surface area contributed by atoms with Crippen LogP contribution in [0.25, 0.3) is 11.3 Å². The van der Waals surface area contributed by atoms with E-state index in [1.807, 2.05) is 4.90 Å². The number of hydrogen-bond acceptors (Lipinski definition) is 4. The highest BCUT2D eigenvalue weighted by Gasteiger charge is 2.26. The zero-order valence-corrected chi connectivity index (χ0v) is 16.0. The minimum Gasteiger partial charge on any atom is -0.356 e. The van der Waals surface area contributed by atoms with Crippen LogP contribution in [-0.2, 0) is 4.79 Å². The van der Waals surface area contributed by atoms with Crippen molar-refractivity contribution in [3.8, 4) is 11.3 Å². The monoisotopic (exact) mass is 412 g/mol. The number of amides is 1. The molecule has 1 fully saturated rings. The highest BCUT2D eigenvalue weighted by atomic mass is 19.1. The highest BCUT2D eigenvalue weighted by molar-refractivity contribution is 5.92. The van der Waals surface area contributed by atoms with Crippen LogP contribution in [-0.4, -0.2) is 29.0 Å². The number of rotatable bonds is 4. The third kappa shape index (κ3) is 4.59. The maximum atomic E-state index is 13.5. The summed E-state index contributed by atoms with van der Waals surface area (Å²) in [6.07, 6.45) is 2.58. The molecule has 0 unspecified atom stereocenters. The van der Waals surface area contributed by atoms with Gasteiger partial charge in [-0.1, -0.05) is 12.1 Å². The largest absolute Gasteiger partial charge is 0.356 e. The molecule has 30 heavy (non-hydrogen) atoms. The number of piperidine rings is 1. The smallest absolute Gasteiger partial charge is 0.227 e. The number of anilines is 2. The molecule has 1 saturated heterocycles. The van der Waals surface area contributed by atoms with Crippen molar-refractivity contribution in [1.82, 2.24) is 9.97 Å². The summed E-state index contributed by atoms with van der Waals surface area (Å²) in [5, 5.41) is 2.59. The van der Waals surface area contributed by atoms with Crippen LogP contribution >= 0.6 is 0 Å². The molecule has 0 bridgehead atoms. The zero-order chi connectivity index (χ0) is 21.1. The first kappa shape index (κ1) is 19.9. The second-order valence-electron chi connectivity index (χ2n) is 7.18. The molecule has 1 aliphatic heterocycles. The van der Waals surface area contributed by atoms with Crippen LogP contribution in [0.4, 0.5) is 24.7 Å². The highest BCUT2D eigenvalue weighted by Crippen LogP contribution is 2.26. The Kier molecular flexibility index (Phi) is 5.65. The van der Waals surface area contributed by atoms with Crippen LogP contribution in [0.15, 0.2) is 54.9 Å². The maximum absolute atomic E-state index is 13.5. The van der Waals surface area contributed by atoms with Gasteiger partial charge in [-0.2, -0.15) is 0 Å². The average molecular weight is 412 g/mol. The molecule has 0 saturated carbocycles. The topological polar surface area (TPSA) is 58.1 Å². The minimum atomic E-state index is -0.738. The first-order valence-electron chi connectivity index (χ1n) is 9.58. The Morgan fingerprint density at radius 1 is 0.933 bits per heavy atom. The van der Waals surface area contributed by atoms with E-state index in [9.17, 15) is 18.0 Å². The van der Waals surface area contributed by atoms with Gasteiger partial charge in [-0.25, -0.2) is 23.1 Å². The number of carbonyl (C=O) groups excluding carboxylic acids is 1. The van der Waals surface area contributed by atoms with Gasteiger partial charge in [-0.3, -0.25) is 4.79 Å².